The van der Waals surface area contributed by atoms with E-state index in [1.54, 1.807) is 6.92 Å². The molecule has 3 rings (SSSR count). The number of aliphatic hydroxyl groups excluding tert-OH is 1. The maximum absolute atomic E-state index is 12.2. The second-order valence-electron chi connectivity index (χ2n) is 6.02. The number of nitrogens with zero attached hydrogens (tertiary/aromatic N) is 1. The molecule has 2 saturated heterocycles. The van der Waals surface area contributed by atoms with Crippen molar-refractivity contribution in [3.05, 3.63) is 10.6 Å². The summed E-state index contributed by atoms with van der Waals surface area (Å²) in [5.41, 5.74) is 0.0174. The second-order valence-corrected chi connectivity index (χ2v) is 7.36. The van der Waals surface area contributed by atoms with Crippen LogP contribution in [0, 0.1) is 11.8 Å². The van der Waals surface area contributed by atoms with Crippen molar-refractivity contribution in [2.24, 2.45) is 11.8 Å². The van der Waals surface area contributed by atoms with E-state index in [1.165, 1.54) is 16.7 Å². The van der Waals surface area contributed by atoms with Gasteiger partial charge in [0.2, 0.25) is 11.8 Å². The Bertz CT molecular complexity index is 588. The van der Waals surface area contributed by atoms with Crippen LogP contribution in [0.3, 0.4) is 0 Å². The predicted molar refractivity (Wildman–Crippen MR) is 78.6 cm³/mol. The minimum absolute atomic E-state index is 0.0156. The molecule has 3 aliphatic heterocycles. The number of thioether (sulfide) groups is 1. The molecule has 0 bridgehead atoms. The van der Waals surface area contributed by atoms with Gasteiger partial charge in [-0.2, -0.15) is 0 Å². The first-order valence-electron chi connectivity index (χ1n) is 7.25. The zero-order valence-corrected chi connectivity index (χ0v) is 13.1. The number of nitrogens with one attached hydrogen (secondary N) is 1. The molecule has 3 N–H and O–H groups in total. The number of aliphatic carboxylic acids is 1. The summed E-state index contributed by atoms with van der Waals surface area (Å²) in [6, 6.07) is -0.300. The van der Waals surface area contributed by atoms with Crippen LogP contribution in [-0.4, -0.2) is 56.8 Å². The third-order valence-electron chi connectivity index (χ3n) is 4.54. The van der Waals surface area contributed by atoms with Gasteiger partial charge in [0, 0.05) is 29.0 Å². The Hall–Kier alpha value is -1.54. The van der Waals surface area contributed by atoms with Crippen molar-refractivity contribution in [3.8, 4) is 0 Å². The predicted octanol–water partition coefficient (Wildman–Crippen LogP) is -0.238. The lowest BCUT2D eigenvalue weighted by Crippen LogP contribution is -2.63. The summed E-state index contributed by atoms with van der Waals surface area (Å²) in [7, 11) is 0. The average Bonchev–Trinajstić information content (AvgIpc) is 2.92. The number of hydrogen-bond donors (Lipinski definition) is 3. The van der Waals surface area contributed by atoms with E-state index >= 15 is 0 Å². The molecule has 0 spiro atoms. The third-order valence-corrected chi connectivity index (χ3v) is 6.03. The fourth-order valence-corrected chi connectivity index (χ4v) is 4.93. The molecule has 0 radical (unpaired) electrons. The summed E-state index contributed by atoms with van der Waals surface area (Å²) in [4.78, 5) is 37.0. The van der Waals surface area contributed by atoms with Crippen molar-refractivity contribution in [1.82, 2.24) is 10.2 Å². The highest BCUT2D eigenvalue weighted by atomic mass is 32.2. The molecule has 0 aromatic carbocycles. The smallest absolute Gasteiger partial charge is 0.353 e. The maximum Gasteiger partial charge on any atom is 0.353 e. The minimum Gasteiger partial charge on any atom is -0.477 e. The summed E-state index contributed by atoms with van der Waals surface area (Å²) in [5, 5.41) is 22.0. The number of carbonyl (C=O) groups excluding carboxylic acids is 2. The van der Waals surface area contributed by atoms with E-state index in [4.69, 9.17) is 0 Å². The molecule has 22 heavy (non-hydrogen) atoms. The minimum atomic E-state index is -1.13. The van der Waals surface area contributed by atoms with E-state index in [-0.39, 0.29) is 34.7 Å². The Morgan fingerprint density at radius 1 is 1.45 bits per heavy atom. The van der Waals surface area contributed by atoms with Gasteiger partial charge in [-0.05, 0) is 6.92 Å². The van der Waals surface area contributed by atoms with Crippen molar-refractivity contribution in [1.29, 1.82) is 0 Å². The van der Waals surface area contributed by atoms with E-state index in [0.717, 1.165) is 0 Å². The number of carboxylic acids is 1. The van der Waals surface area contributed by atoms with Gasteiger partial charge in [0.25, 0.3) is 0 Å². The molecule has 120 valence electrons. The molecular formula is C14H18N2O5S. The summed E-state index contributed by atoms with van der Waals surface area (Å²) in [6.45, 7) is 3.94. The van der Waals surface area contributed by atoms with Gasteiger partial charge in [-0.15, -0.1) is 11.8 Å². The maximum atomic E-state index is 12.2. The molecule has 7 nitrogen and oxygen atoms in total. The van der Waals surface area contributed by atoms with Gasteiger partial charge in [0.05, 0.1) is 18.1 Å². The largest absolute Gasteiger partial charge is 0.477 e. The van der Waals surface area contributed by atoms with E-state index in [0.29, 0.717) is 17.9 Å². The molecular weight excluding hydrogens is 308 g/mol. The highest BCUT2D eigenvalue weighted by molar-refractivity contribution is 8.03. The van der Waals surface area contributed by atoms with Gasteiger partial charge in [-0.3, -0.25) is 9.59 Å². The molecule has 2 fully saturated rings. The zero-order chi connectivity index (χ0) is 16.2. The topological polar surface area (TPSA) is 107 Å². The number of aliphatic hydroxyl groups is 1. The van der Waals surface area contributed by atoms with Gasteiger partial charge < -0.3 is 20.4 Å². The van der Waals surface area contributed by atoms with Crippen molar-refractivity contribution in [3.63, 3.8) is 0 Å². The van der Waals surface area contributed by atoms with Gasteiger partial charge >= 0.3 is 5.97 Å². The van der Waals surface area contributed by atoms with Crippen LogP contribution in [0.5, 0.6) is 0 Å². The van der Waals surface area contributed by atoms with Crippen molar-refractivity contribution >= 4 is 29.5 Å². The van der Waals surface area contributed by atoms with Crippen LogP contribution < -0.4 is 5.32 Å². The molecule has 0 aromatic rings. The normalized spacial score (nSPS) is 35.3. The average molecular weight is 326 g/mol. The molecule has 0 aliphatic carbocycles. The first kappa shape index (κ1) is 15.4. The second kappa shape index (κ2) is 5.27. The van der Waals surface area contributed by atoms with Crippen molar-refractivity contribution < 1.29 is 24.6 Å². The third kappa shape index (κ3) is 2.13. The van der Waals surface area contributed by atoms with Gasteiger partial charge in [-0.1, -0.05) is 6.92 Å². The number of amides is 2. The van der Waals surface area contributed by atoms with E-state index in [2.05, 4.69) is 5.32 Å². The monoisotopic (exact) mass is 326 g/mol. The molecule has 3 aliphatic rings. The Labute approximate surface area is 131 Å². The van der Waals surface area contributed by atoms with Crippen LogP contribution in [0.4, 0.5) is 0 Å². The lowest BCUT2D eigenvalue weighted by atomic mass is 9.79. The molecule has 2 amide bonds. The van der Waals surface area contributed by atoms with Crippen LogP contribution in [0.2, 0.25) is 0 Å². The molecule has 8 heteroatoms. The van der Waals surface area contributed by atoms with Crippen LogP contribution in [0.25, 0.3) is 0 Å². The van der Waals surface area contributed by atoms with Crippen LogP contribution in [0.1, 0.15) is 20.3 Å². The Kier molecular flexibility index (Phi) is 3.68. The Morgan fingerprint density at radius 2 is 2.14 bits per heavy atom. The molecule has 3 heterocycles. The summed E-state index contributed by atoms with van der Waals surface area (Å²) in [5.74, 6) is -2.20. The number of carboxylic acid groups (broad SMARTS) is 1. The highest BCUT2D eigenvalue weighted by Gasteiger charge is 2.60. The molecule has 0 unspecified atom stereocenters. The van der Waals surface area contributed by atoms with Crippen LogP contribution in [0.15, 0.2) is 10.6 Å². The fourth-order valence-electron chi connectivity index (χ4n) is 3.52. The SMILES string of the molecule is C[C@@H](O)[C@H]1C(=O)N2C(C(=O)O)=C(S[C@H]3CNC(=O)C3)[C@H](C)[C@H]12. The first-order valence-corrected chi connectivity index (χ1v) is 8.12. The van der Waals surface area contributed by atoms with E-state index in [9.17, 15) is 24.6 Å². The summed E-state index contributed by atoms with van der Waals surface area (Å²) in [6.07, 6.45) is -0.447. The lowest BCUT2D eigenvalue weighted by molar-refractivity contribution is -0.163. The number of carbonyl (C=O) groups is 3. The lowest BCUT2D eigenvalue weighted by Gasteiger charge is -2.46. The number of hydrogen-bond acceptors (Lipinski definition) is 5. The number of fused-ring (bicyclic) bond motifs is 1. The number of β-lactam (4-membered cyclic amide) rings is 1. The number of rotatable bonds is 4. The molecule has 0 aromatic heterocycles. The van der Waals surface area contributed by atoms with Crippen molar-refractivity contribution in [2.75, 3.05) is 6.54 Å². The Morgan fingerprint density at radius 3 is 2.64 bits per heavy atom. The quantitative estimate of drug-likeness (QED) is 0.616. The van der Waals surface area contributed by atoms with Gasteiger partial charge in [0.1, 0.15) is 5.70 Å². The fraction of sp³-hybridized carbons (Fsp3) is 0.643. The van der Waals surface area contributed by atoms with E-state index < -0.39 is 18.0 Å². The van der Waals surface area contributed by atoms with Crippen LogP contribution >= 0.6 is 11.8 Å². The van der Waals surface area contributed by atoms with E-state index in [1.807, 2.05) is 6.92 Å². The first-order chi connectivity index (χ1) is 10.3. The van der Waals surface area contributed by atoms with Crippen LogP contribution in [-0.2, 0) is 14.4 Å². The van der Waals surface area contributed by atoms with Crippen molar-refractivity contribution in [2.45, 2.75) is 37.7 Å². The summed E-state index contributed by atoms with van der Waals surface area (Å²) < 4.78 is 0. The highest BCUT2D eigenvalue weighted by Crippen LogP contribution is 2.51. The Balaban J connectivity index is 1.88. The van der Waals surface area contributed by atoms with Gasteiger partial charge in [0.15, 0.2) is 0 Å². The molecule has 5 atom stereocenters. The standard InChI is InChI=1S/C14H18N2O5S/c1-5-10-9(6(2)17)13(19)16(10)11(14(20)21)12(5)22-7-3-8(18)15-4-7/h5-7,9-10,17H,3-4H2,1-2H3,(H,15,18)(H,20,21)/t5-,6-,7-,9-,10-/m1/s1. The summed E-state index contributed by atoms with van der Waals surface area (Å²) >= 11 is 1.37. The zero-order valence-electron chi connectivity index (χ0n) is 12.3. The molecule has 0 saturated carbocycles. The van der Waals surface area contributed by atoms with Gasteiger partial charge in [-0.25, -0.2) is 4.79 Å².